The van der Waals surface area contributed by atoms with Crippen molar-refractivity contribution in [3.05, 3.63) is 71.9 Å². The zero-order valence-electron chi connectivity index (χ0n) is 17.0. The molecule has 1 aromatic carbocycles. The van der Waals surface area contributed by atoms with Crippen LogP contribution in [0, 0.1) is 0 Å². The van der Waals surface area contributed by atoms with Gasteiger partial charge in [-0.15, -0.1) is 11.3 Å². The molecular weight excluding hydrogens is 406 g/mol. The summed E-state index contributed by atoms with van der Waals surface area (Å²) in [6, 6.07) is 16.4. The molecule has 1 aliphatic rings. The first kappa shape index (κ1) is 18.6. The molecule has 1 aliphatic carbocycles. The second-order valence-electron chi connectivity index (χ2n) is 8.72. The predicted octanol–water partition coefficient (Wildman–Crippen LogP) is 4.37. The van der Waals surface area contributed by atoms with Crippen LogP contribution in [0.3, 0.4) is 0 Å². The fraction of sp³-hybridized carbons (Fsp3) is 0.208. The number of thiophene rings is 1. The molecule has 0 saturated heterocycles. The van der Waals surface area contributed by atoms with Crippen LogP contribution < -0.4 is 5.73 Å². The second kappa shape index (κ2) is 6.43. The third-order valence-electron chi connectivity index (χ3n) is 6.10. The van der Waals surface area contributed by atoms with Gasteiger partial charge in [-0.2, -0.15) is 9.61 Å². The fourth-order valence-corrected chi connectivity index (χ4v) is 5.53. The van der Waals surface area contributed by atoms with Crippen molar-refractivity contribution >= 4 is 28.0 Å². The summed E-state index contributed by atoms with van der Waals surface area (Å²) in [7, 11) is 0. The molecular formula is C24H21N5OS. The van der Waals surface area contributed by atoms with Crippen molar-refractivity contribution in [1.82, 2.24) is 19.6 Å². The molecule has 0 aliphatic heterocycles. The van der Waals surface area contributed by atoms with Crippen molar-refractivity contribution < 1.29 is 5.11 Å². The first-order valence-corrected chi connectivity index (χ1v) is 11.1. The smallest absolute Gasteiger partial charge is 0.165 e. The van der Waals surface area contributed by atoms with Crippen LogP contribution >= 0.6 is 11.3 Å². The van der Waals surface area contributed by atoms with Crippen LogP contribution in [0.25, 0.3) is 38.4 Å². The summed E-state index contributed by atoms with van der Waals surface area (Å²) in [5.41, 5.74) is 11.0. The number of aliphatic hydroxyl groups is 1. The van der Waals surface area contributed by atoms with Gasteiger partial charge in [0.05, 0.1) is 17.5 Å². The number of rotatable bonds is 3. The normalized spacial score (nSPS) is 23.3. The molecule has 0 bridgehead atoms. The van der Waals surface area contributed by atoms with E-state index in [2.05, 4.69) is 51.9 Å². The fourth-order valence-electron chi connectivity index (χ4n) is 4.79. The molecule has 0 unspecified atom stereocenters. The first-order chi connectivity index (χ1) is 14.9. The summed E-state index contributed by atoms with van der Waals surface area (Å²) in [4.78, 5) is 10.7. The second-order valence-corrected chi connectivity index (χ2v) is 9.67. The molecule has 0 radical (unpaired) electrons. The Morgan fingerprint density at radius 3 is 2.65 bits per heavy atom. The number of hydrogen-bond donors (Lipinski definition) is 2. The molecule has 154 valence electrons. The van der Waals surface area contributed by atoms with Gasteiger partial charge in [-0.3, -0.25) is 0 Å². The van der Waals surface area contributed by atoms with Gasteiger partial charge < -0.3 is 10.8 Å². The van der Waals surface area contributed by atoms with E-state index in [1.165, 1.54) is 0 Å². The molecule has 6 rings (SSSR count). The highest BCUT2D eigenvalue weighted by Crippen LogP contribution is 2.46. The molecule has 4 aromatic heterocycles. The molecule has 0 amide bonds. The predicted molar refractivity (Wildman–Crippen MR) is 123 cm³/mol. The van der Waals surface area contributed by atoms with Crippen molar-refractivity contribution in [3.8, 4) is 21.7 Å². The maximum absolute atomic E-state index is 10.2. The van der Waals surface area contributed by atoms with Crippen molar-refractivity contribution in [2.45, 2.75) is 30.9 Å². The Labute approximate surface area is 183 Å². The number of pyridine rings is 1. The van der Waals surface area contributed by atoms with E-state index in [-0.39, 0.29) is 0 Å². The van der Waals surface area contributed by atoms with Crippen molar-refractivity contribution in [2.24, 2.45) is 5.73 Å². The molecule has 31 heavy (non-hydrogen) atoms. The third kappa shape index (κ3) is 2.96. The molecule has 4 heterocycles. The Morgan fingerprint density at radius 1 is 1.13 bits per heavy atom. The maximum atomic E-state index is 10.2. The van der Waals surface area contributed by atoms with E-state index in [4.69, 9.17) is 10.7 Å². The molecule has 1 saturated carbocycles. The molecule has 0 spiro atoms. The van der Waals surface area contributed by atoms with Crippen molar-refractivity contribution in [1.29, 1.82) is 0 Å². The zero-order chi connectivity index (χ0) is 21.2. The maximum Gasteiger partial charge on any atom is 0.165 e. The van der Waals surface area contributed by atoms with Gasteiger partial charge in [0.25, 0.3) is 0 Å². The SMILES string of the molecule is CC1(O)CC(N)(c2ccc(-c3nc4c(cnc5ccnn54)cc3-c3cccs3)cc2)C1. The van der Waals surface area contributed by atoms with E-state index in [1.54, 1.807) is 22.0 Å². The van der Waals surface area contributed by atoms with Gasteiger partial charge >= 0.3 is 0 Å². The molecule has 0 atom stereocenters. The summed E-state index contributed by atoms with van der Waals surface area (Å²) >= 11 is 1.69. The summed E-state index contributed by atoms with van der Waals surface area (Å²) in [5.74, 6) is 0. The van der Waals surface area contributed by atoms with Crippen LogP contribution in [0.5, 0.6) is 0 Å². The number of fused-ring (bicyclic) bond motifs is 3. The summed E-state index contributed by atoms with van der Waals surface area (Å²) in [6.45, 7) is 1.84. The van der Waals surface area contributed by atoms with E-state index < -0.39 is 11.1 Å². The van der Waals surface area contributed by atoms with Gasteiger partial charge in [0, 0.05) is 39.2 Å². The minimum absolute atomic E-state index is 0.470. The zero-order valence-corrected chi connectivity index (χ0v) is 17.8. The van der Waals surface area contributed by atoms with Crippen molar-refractivity contribution in [2.75, 3.05) is 0 Å². The van der Waals surface area contributed by atoms with E-state index in [9.17, 15) is 5.11 Å². The van der Waals surface area contributed by atoms with Crippen LogP contribution in [-0.4, -0.2) is 30.3 Å². The van der Waals surface area contributed by atoms with Crippen LogP contribution in [-0.2, 0) is 5.54 Å². The quantitative estimate of drug-likeness (QED) is 0.446. The van der Waals surface area contributed by atoms with Crippen LogP contribution in [0.2, 0.25) is 0 Å². The number of hydrogen-bond acceptors (Lipinski definition) is 6. The van der Waals surface area contributed by atoms with E-state index >= 15 is 0 Å². The molecule has 6 nitrogen and oxygen atoms in total. The van der Waals surface area contributed by atoms with E-state index in [1.807, 2.05) is 25.3 Å². The number of nitrogens with zero attached hydrogens (tertiary/aromatic N) is 4. The Balaban J connectivity index is 1.51. The van der Waals surface area contributed by atoms with Gasteiger partial charge in [-0.05, 0) is 42.8 Å². The number of benzene rings is 1. The summed E-state index contributed by atoms with van der Waals surface area (Å²) in [5, 5.41) is 17.6. The highest BCUT2D eigenvalue weighted by atomic mass is 32.1. The summed E-state index contributed by atoms with van der Waals surface area (Å²) in [6.07, 6.45) is 4.72. The Bertz CT molecular complexity index is 1410. The Morgan fingerprint density at radius 2 is 1.94 bits per heavy atom. The topological polar surface area (TPSA) is 89.3 Å². The Hall–Kier alpha value is -3.13. The lowest BCUT2D eigenvalue weighted by atomic mass is 9.63. The van der Waals surface area contributed by atoms with Crippen LogP contribution in [0.1, 0.15) is 25.3 Å². The van der Waals surface area contributed by atoms with Gasteiger partial charge in [-0.25, -0.2) is 9.97 Å². The lowest BCUT2D eigenvalue weighted by Crippen LogP contribution is -2.58. The van der Waals surface area contributed by atoms with E-state index in [0.717, 1.165) is 43.9 Å². The minimum Gasteiger partial charge on any atom is -0.390 e. The van der Waals surface area contributed by atoms with Gasteiger partial charge in [0.1, 0.15) is 0 Å². The highest BCUT2D eigenvalue weighted by Gasteiger charge is 2.49. The number of aromatic nitrogens is 4. The highest BCUT2D eigenvalue weighted by molar-refractivity contribution is 7.13. The molecule has 1 fully saturated rings. The van der Waals surface area contributed by atoms with Crippen molar-refractivity contribution in [3.63, 3.8) is 0 Å². The molecule has 3 N–H and O–H groups in total. The monoisotopic (exact) mass is 427 g/mol. The van der Waals surface area contributed by atoms with Gasteiger partial charge in [-0.1, -0.05) is 30.3 Å². The lowest BCUT2D eigenvalue weighted by Gasteiger charge is -2.49. The largest absolute Gasteiger partial charge is 0.390 e. The first-order valence-electron chi connectivity index (χ1n) is 10.2. The number of nitrogens with two attached hydrogens (primary N) is 1. The standard InChI is InChI=1S/C24H21N5OS/c1-23(30)13-24(25,14-23)17-6-4-15(5-7-17)21-18(19-3-2-10-31-19)11-16-12-26-20-8-9-27-29(20)22(16)28-21/h2-12,30H,13-14,25H2,1H3. The van der Waals surface area contributed by atoms with Crippen LogP contribution in [0.4, 0.5) is 0 Å². The van der Waals surface area contributed by atoms with E-state index in [0.29, 0.717) is 12.8 Å². The van der Waals surface area contributed by atoms with Gasteiger partial charge in [0.2, 0.25) is 0 Å². The Kier molecular flexibility index (Phi) is 3.87. The molecule has 5 aromatic rings. The average Bonchev–Trinajstić information content (AvgIpc) is 3.43. The average molecular weight is 428 g/mol. The van der Waals surface area contributed by atoms with Crippen LogP contribution in [0.15, 0.2) is 66.3 Å². The molecule has 7 heteroatoms. The van der Waals surface area contributed by atoms with Gasteiger partial charge in [0.15, 0.2) is 11.3 Å². The third-order valence-corrected chi connectivity index (χ3v) is 7.01. The minimum atomic E-state index is -0.678. The lowest BCUT2D eigenvalue weighted by molar-refractivity contribution is -0.0738. The summed E-state index contributed by atoms with van der Waals surface area (Å²) < 4.78 is 1.77.